The quantitative estimate of drug-likeness (QED) is 0.461. The summed E-state index contributed by atoms with van der Waals surface area (Å²) in [7, 11) is 0. The van der Waals surface area contributed by atoms with Crippen molar-refractivity contribution in [3.63, 3.8) is 0 Å². The lowest BCUT2D eigenvalue weighted by molar-refractivity contribution is -0.0921. The van der Waals surface area contributed by atoms with Gasteiger partial charge in [0.15, 0.2) is 0 Å². The van der Waals surface area contributed by atoms with Gasteiger partial charge >= 0.3 is 6.18 Å². The molecule has 0 N–H and O–H groups in total. The summed E-state index contributed by atoms with van der Waals surface area (Å²) in [6.45, 7) is 14.9. The van der Waals surface area contributed by atoms with E-state index < -0.39 is 17.3 Å². The first-order valence-electron chi connectivity index (χ1n) is 9.33. The molecular weight excluding hydrogens is 375 g/mol. The number of alkyl halides is 3. The van der Waals surface area contributed by atoms with Gasteiger partial charge in [0.2, 0.25) is 0 Å². The second-order valence-corrected chi connectivity index (χ2v) is 7.81. The average Bonchev–Trinajstić information content (AvgIpc) is 2.68. The first kappa shape index (κ1) is 24.4. The summed E-state index contributed by atoms with van der Waals surface area (Å²) in [6.07, 6.45) is 3.85. The van der Waals surface area contributed by atoms with E-state index in [1.807, 2.05) is 39.8 Å². The van der Waals surface area contributed by atoms with Crippen LogP contribution >= 0.6 is 0 Å². The number of rotatable bonds is 5. The van der Waals surface area contributed by atoms with Crippen LogP contribution in [-0.4, -0.2) is 18.1 Å². The molecule has 1 aliphatic rings. The molecule has 0 saturated heterocycles. The first-order chi connectivity index (χ1) is 13.3. The SMILES string of the molecule is C=C(C1=CC(C)C=N/C(C(F)(F)F)=C/C(C)=N1)/C(C)=C\C(=C/C)CC(C)(C)C#N. The van der Waals surface area contributed by atoms with E-state index in [0.717, 1.165) is 17.2 Å². The molecule has 156 valence electrons. The third kappa shape index (κ3) is 7.69. The van der Waals surface area contributed by atoms with Crippen LogP contribution in [0.4, 0.5) is 13.2 Å². The minimum atomic E-state index is -4.54. The third-order valence-corrected chi connectivity index (χ3v) is 4.31. The lowest BCUT2D eigenvalue weighted by atomic mass is 9.86. The van der Waals surface area contributed by atoms with Gasteiger partial charge in [-0.1, -0.05) is 31.2 Å². The normalized spacial score (nSPS) is 21.1. The Bertz CT molecular complexity index is 870. The number of nitrogens with zero attached hydrogens (tertiary/aromatic N) is 3. The molecule has 1 heterocycles. The van der Waals surface area contributed by atoms with Crippen LogP contribution in [0.15, 0.2) is 69.0 Å². The lowest BCUT2D eigenvalue weighted by Crippen LogP contribution is -2.12. The second-order valence-electron chi connectivity index (χ2n) is 7.81. The number of halogens is 3. The van der Waals surface area contributed by atoms with Gasteiger partial charge in [-0.25, -0.2) is 0 Å². The van der Waals surface area contributed by atoms with Crippen LogP contribution in [0, 0.1) is 22.7 Å². The van der Waals surface area contributed by atoms with Crippen molar-refractivity contribution in [1.82, 2.24) is 0 Å². The molecule has 0 aromatic rings. The van der Waals surface area contributed by atoms with E-state index in [1.54, 1.807) is 13.0 Å². The van der Waals surface area contributed by atoms with Gasteiger partial charge in [0, 0.05) is 17.8 Å². The molecule has 0 saturated carbocycles. The topological polar surface area (TPSA) is 48.5 Å². The van der Waals surface area contributed by atoms with Gasteiger partial charge in [-0.3, -0.25) is 9.98 Å². The fourth-order valence-electron chi connectivity index (χ4n) is 2.66. The fourth-order valence-corrected chi connectivity index (χ4v) is 2.66. The highest BCUT2D eigenvalue weighted by atomic mass is 19.4. The van der Waals surface area contributed by atoms with Crippen molar-refractivity contribution in [1.29, 1.82) is 5.26 Å². The molecule has 29 heavy (non-hydrogen) atoms. The summed E-state index contributed by atoms with van der Waals surface area (Å²) in [6, 6.07) is 2.28. The molecule has 1 unspecified atom stereocenters. The summed E-state index contributed by atoms with van der Waals surface area (Å²) < 4.78 is 39.3. The van der Waals surface area contributed by atoms with Gasteiger partial charge in [-0.2, -0.15) is 18.4 Å². The van der Waals surface area contributed by atoms with Crippen molar-refractivity contribution in [3.05, 3.63) is 59.0 Å². The Labute approximate surface area is 171 Å². The number of allylic oxidation sites excluding steroid dienone is 7. The zero-order chi connectivity index (χ0) is 22.4. The molecule has 0 aromatic heterocycles. The number of aliphatic imine (C=N–C) groups is 2. The molecule has 1 atom stereocenters. The molecule has 0 aromatic carbocycles. The third-order valence-electron chi connectivity index (χ3n) is 4.31. The molecule has 0 bridgehead atoms. The predicted molar refractivity (Wildman–Crippen MR) is 114 cm³/mol. The van der Waals surface area contributed by atoms with Crippen LogP contribution in [0.2, 0.25) is 0 Å². The van der Waals surface area contributed by atoms with Crippen molar-refractivity contribution in [2.24, 2.45) is 21.3 Å². The van der Waals surface area contributed by atoms with Crippen LogP contribution in [0.5, 0.6) is 0 Å². The van der Waals surface area contributed by atoms with Crippen molar-refractivity contribution < 1.29 is 13.2 Å². The summed E-state index contributed by atoms with van der Waals surface area (Å²) >= 11 is 0. The second kappa shape index (κ2) is 9.69. The van der Waals surface area contributed by atoms with E-state index in [1.165, 1.54) is 13.1 Å². The van der Waals surface area contributed by atoms with Gasteiger partial charge in [0.05, 0.1) is 17.2 Å². The van der Waals surface area contributed by atoms with Crippen LogP contribution in [0.25, 0.3) is 0 Å². The van der Waals surface area contributed by atoms with E-state index in [-0.39, 0.29) is 11.6 Å². The molecule has 0 radical (unpaired) electrons. The van der Waals surface area contributed by atoms with Gasteiger partial charge < -0.3 is 0 Å². The Balaban J connectivity index is 3.29. The van der Waals surface area contributed by atoms with Gasteiger partial charge in [0.25, 0.3) is 0 Å². The van der Waals surface area contributed by atoms with Crippen molar-refractivity contribution in [2.45, 2.75) is 54.1 Å². The summed E-state index contributed by atoms with van der Waals surface area (Å²) in [5, 5.41) is 9.27. The number of nitriles is 1. The molecule has 0 amide bonds. The Morgan fingerprint density at radius 1 is 1.34 bits per heavy atom. The fraction of sp³-hybridized carbons (Fsp3) is 0.435. The summed E-state index contributed by atoms with van der Waals surface area (Å²) in [4.78, 5) is 7.96. The number of hydrogen-bond donors (Lipinski definition) is 0. The molecule has 0 aliphatic carbocycles. The van der Waals surface area contributed by atoms with Crippen molar-refractivity contribution >= 4 is 11.9 Å². The molecule has 1 rings (SSSR count). The first-order valence-corrected chi connectivity index (χ1v) is 9.33. The predicted octanol–water partition coefficient (Wildman–Crippen LogP) is 6.89. The van der Waals surface area contributed by atoms with Crippen LogP contribution in [0.3, 0.4) is 0 Å². The van der Waals surface area contributed by atoms with Gasteiger partial charge in [0.1, 0.15) is 5.70 Å². The van der Waals surface area contributed by atoms with E-state index >= 15 is 0 Å². The summed E-state index contributed by atoms with van der Waals surface area (Å²) in [5.41, 5.74) is 1.64. The van der Waals surface area contributed by atoms with Crippen LogP contribution < -0.4 is 0 Å². The summed E-state index contributed by atoms with van der Waals surface area (Å²) in [5.74, 6) is -0.353. The maximum Gasteiger partial charge on any atom is 0.433 e. The Kier molecular flexibility index (Phi) is 8.14. The van der Waals surface area contributed by atoms with E-state index in [4.69, 9.17) is 0 Å². The molecular formula is C23H28F3N3. The molecule has 0 fully saturated rings. The molecule has 6 heteroatoms. The van der Waals surface area contributed by atoms with Crippen LogP contribution in [0.1, 0.15) is 48.0 Å². The lowest BCUT2D eigenvalue weighted by Gasteiger charge is -2.17. The maximum atomic E-state index is 13.1. The minimum absolute atomic E-state index is 0.195. The highest BCUT2D eigenvalue weighted by Gasteiger charge is 2.34. The maximum absolute atomic E-state index is 13.1. The largest absolute Gasteiger partial charge is 0.433 e. The van der Waals surface area contributed by atoms with E-state index in [9.17, 15) is 18.4 Å². The van der Waals surface area contributed by atoms with Crippen molar-refractivity contribution in [2.75, 3.05) is 0 Å². The Morgan fingerprint density at radius 2 is 1.97 bits per heavy atom. The smallest absolute Gasteiger partial charge is 0.255 e. The number of hydrogen-bond acceptors (Lipinski definition) is 3. The Hall–Kier alpha value is -2.68. The van der Waals surface area contributed by atoms with Crippen molar-refractivity contribution in [3.8, 4) is 6.07 Å². The van der Waals surface area contributed by atoms with E-state index in [2.05, 4.69) is 22.6 Å². The zero-order valence-electron chi connectivity index (χ0n) is 17.9. The van der Waals surface area contributed by atoms with E-state index in [0.29, 0.717) is 17.7 Å². The zero-order valence-corrected chi connectivity index (χ0v) is 17.9. The van der Waals surface area contributed by atoms with Gasteiger partial charge in [-0.15, -0.1) is 0 Å². The molecule has 0 spiro atoms. The highest BCUT2D eigenvalue weighted by Crippen LogP contribution is 2.30. The standard InChI is InChI=1S/C23H28F3N3/c1-8-19(12-22(6,7)14-27)10-16(3)18(5)20-9-15(2)13-28-21(23(24,25)26)11-17(4)29-20/h8-11,13,15H,5,12H2,1-4,6-7H3/b16-10-,19-8+,20-9?,21-11+,28-13?,29-17?. The van der Waals surface area contributed by atoms with Gasteiger partial charge in [-0.05, 0) is 64.3 Å². The molecule has 3 nitrogen and oxygen atoms in total. The minimum Gasteiger partial charge on any atom is -0.255 e. The highest BCUT2D eigenvalue weighted by molar-refractivity contribution is 5.95. The molecule has 1 aliphatic heterocycles. The Morgan fingerprint density at radius 3 is 2.48 bits per heavy atom. The average molecular weight is 403 g/mol. The monoisotopic (exact) mass is 403 g/mol. The van der Waals surface area contributed by atoms with Crippen LogP contribution in [-0.2, 0) is 0 Å².